The zero-order valence-electron chi connectivity index (χ0n) is 12.7. The Labute approximate surface area is 141 Å². The summed E-state index contributed by atoms with van der Waals surface area (Å²) in [7, 11) is 0. The van der Waals surface area contributed by atoms with Crippen LogP contribution in [0.15, 0.2) is 49.3 Å². The molecule has 3 aromatic rings. The second-order valence-electron chi connectivity index (χ2n) is 5.52. The lowest BCUT2D eigenvalue weighted by Crippen LogP contribution is -2.45. The molecule has 0 bridgehead atoms. The molecular weight excluding hydrogens is 312 g/mol. The van der Waals surface area contributed by atoms with Crippen LogP contribution in [0.4, 0.5) is 0 Å². The molecule has 0 radical (unpaired) electrons. The second kappa shape index (κ2) is 7.04. The summed E-state index contributed by atoms with van der Waals surface area (Å²) in [4.78, 5) is 15.2. The number of hydrogen-bond donors (Lipinski definition) is 1. The van der Waals surface area contributed by atoms with Gasteiger partial charge in [0.25, 0.3) is 0 Å². The van der Waals surface area contributed by atoms with E-state index in [2.05, 4.69) is 41.7 Å². The Hall–Kier alpha value is -2.02. The van der Waals surface area contributed by atoms with Crippen LogP contribution < -0.4 is 5.32 Å². The number of nitrogens with one attached hydrogen (secondary N) is 1. The molecule has 1 aliphatic rings. The molecule has 0 saturated carbocycles. The molecule has 0 aromatic carbocycles. The normalized spacial score (nSPS) is 18.7. The van der Waals surface area contributed by atoms with E-state index in [1.807, 2.05) is 24.8 Å². The molecule has 1 saturated heterocycles. The van der Waals surface area contributed by atoms with Crippen molar-refractivity contribution < 1.29 is 0 Å². The first-order valence-electron chi connectivity index (χ1n) is 7.52. The van der Waals surface area contributed by atoms with Gasteiger partial charge in [0.1, 0.15) is 0 Å². The Balaban J connectivity index is 0.00000156. The van der Waals surface area contributed by atoms with E-state index in [0.29, 0.717) is 6.04 Å². The van der Waals surface area contributed by atoms with Crippen molar-refractivity contribution in [3.63, 3.8) is 0 Å². The summed E-state index contributed by atoms with van der Waals surface area (Å²) in [6.07, 6.45) is 11.2. The number of halogens is 1. The predicted octanol–water partition coefficient (Wildman–Crippen LogP) is 1.69. The van der Waals surface area contributed by atoms with E-state index < -0.39 is 0 Å². The third kappa shape index (κ3) is 3.19. The van der Waals surface area contributed by atoms with Gasteiger partial charge in [-0.1, -0.05) is 0 Å². The Bertz CT molecular complexity index is 759. The summed E-state index contributed by atoms with van der Waals surface area (Å²) in [5, 5.41) is 3.49. The Kier molecular flexibility index (Phi) is 4.85. The lowest BCUT2D eigenvalue weighted by Gasteiger charge is -2.36. The van der Waals surface area contributed by atoms with Gasteiger partial charge in [0.2, 0.25) is 0 Å². The minimum absolute atomic E-state index is 0. The smallest absolute Gasteiger partial charge is 0.155 e. The first kappa shape index (κ1) is 15.9. The lowest BCUT2D eigenvalue weighted by atomic mass is 10.0. The van der Waals surface area contributed by atoms with Crippen LogP contribution in [-0.4, -0.2) is 43.9 Å². The highest BCUT2D eigenvalue weighted by atomic mass is 35.5. The van der Waals surface area contributed by atoms with Gasteiger partial charge in [0, 0.05) is 57.0 Å². The zero-order chi connectivity index (χ0) is 14.8. The van der Waals surface area contributed by atoms with Crippen molar-refractivity contribution >= 4 is 18.1 Å². The van der Waals surface area contributed by atoms with Crippen molar-refractivity contribution in [1.82, 2.24) is 29.6 Å². The maximum Gasteiger partial charge on any atom is 0.155 e. The number of aromatic nitrogens is 4. The monoisotopic (exact) mass is 330 g/mol. The molecular formula is C16H19ClN6. The molecule has 23 heavy (non-hydrogen) atoms. The van der Waals surface area contributed by atoms with Crippen molar-refractivity contribution in [1.29, 1.82) is 0 Å². The Morgan fingerprint density at radius 3 is 2.87 bits per heavy atom. The Morgan fingerprint density at radius 2 is 2.00 bits per heavy atom. The summed E-state index contributed by atoms with van der Waals surface area (Å²) < 4.78 is 2.11. The summed E-state index contributed by atoms with van der Waals surface area (Å²) >= 11 is 0. The molecule has 4 heterocycles. The van der Waals surface area contributed by atoms with Crippen molar-refractivity contribution in [2.24, 2.45) is 0 Å². The number of rotatable bonds is 3. The van der Waals surface area contributed by atoms with E-state index in [-0.39, 0.29) is 12.4 Å². The van der Waals surface area contributed by atoms with Gasteiger partial charge in [0.05, 0.1) is 18.1 Å². The molecule has 0 aliphatic carbocycles. The molecule has 1 atom stereocenters. The first-order valence-corrected chi connectivity index (χ1v) is 7.52. The van der Waals surface area contributed by atoms with Crippen molar-refractivity contribution in [2.75, 3.05) is 19.6 Å². The van der Waals surface area contributed by atoms with Crippen LogP contribution in [0.3, 0.4) is 0 Å². The standard InChI is InChI=1S/C16H18N6.ClH/c1-3-17-4-2-13(1)15-10-18-5-7-21(15)12-14-9-20-16-11-19-6-8-22(14)16;/h1-4,6,8-9,11,15,18H,5,7,10,12H2;1H. The molecule has 1 unspecified atom stereocenters. The van der Waals surface area contributed by atoms with E-state index in [0.717, 1.165) is 31.8 Å². The van der Waals surface area contributed by atoms with E-state index in [9.17, 15) is 0 Å². The Morgan fingerprint density at radius 1 is 1.13 bits per heavy atom. The molecule has 0 spiro atoms. The van der Waals surface area contributed by atoms with Crippen LogP contribution in [0.5, 0.6) is 0 Å². The minimum atomic E-state index is 0. The van der Waals surface area contributed by atoms with Crippen molar-refractivity contribution in [3.05, 3.63) is 60.6 Å². The molecule has 1 fully saturated rings. The molecule has 120 valence electrons. The van der Waals surface area contributed by atoms with Gasteiger partial charge in [-0.05, 0) is 17.7 Å². The molecule has 1 aliphatic heterocycles. The quantitative estimate of drug-likeness (QED) is 0.792. The van der Waals surface area contributed by atoms with Gasteiger partial charge >= 0.3 is 0 Å². The maximum atomic E-state index is 4.43. The van der Waals surface area contributed by atoms with Crippen LogP contribution in [0.1, 0.15) is 17.3 Å². The van der Waals surface area contributed by atoms with Crippen LogP contribution in [-0.2, 0) is 6.54 Å². The van der Waals surface area contributed by atoms with Gasteiger partial charge in [-0.2, -0.15) is 0 Å². The SMILES string of the molecule is Cl.c1cc(C2CNCCN2Cc2cnc3cnccn23)ccn1. The minimum Gasteiger partial charge on any atom is -0.314 e. The number of fused-ring (bicyclic) bond motifs is 1. The zero-order valence-corrected chi connectivity index (χ0v) is 13.5. The predicted molar refractivity (Wildman–Crippen MR) is 90.5 cm³/mol. The lowest BCUT2D eigenvalue weighted by molar-refractivity contribution is 0.151. The molecule has 1 N–H and O–H groups in total. The molecule has 6 nitrogen and oxygen atoms in total. The van der Waals surface area contributed by atoms with Crippen LogP contribution in [0, 0.1) is 0 Å². The average molecular weight is 331 g/mol. The topological polar surface area (TPSA) is 58.3 Å². The van der Waals surface area contributed by atoms with Crippen LogP contribution in [0.2, 0.25) is 0 Å². The number of imidazole rings is 1. The first-order chi connectivity index (χ1) is 10.9. The number of hydrogen-bond acceptors (Lipinski definition) is 5. The maximum absolute atomic E-state index is 4.43. The van der Waals surface area contributed by atoms with Gasteiger partial charge in [-0.25, -0.2) is 4.98 Å². The van der Waals surface area contributed by atoms with Crippen LogP contribution >= 0.6 is 12.4 Å². The molecule has 4 rings (SSSR count). The molecule has 7 heteroatoms. The van der Waals surface area contributed by atoms with E-state index >= 15 is 0 Å². The van der Waals surface area contributed by atoms with Gasteiger partial charge < -0.3 is 5.32 Å². The summed E-state index contributed by atoms with van der Waals surface area (Å²) in [5.74, 6) is 0. The van der Waals surface area contributed by atoms with Gasteiger partial charge in [-0.15, -0.1) is 12.4 Å². The van der Waals surface area contributed by atoms with E-state index in [1.54, 1.807) is 12.4 Å². The highest BCUT2D eigenvalue weighted by Crippen LogP contribution is 2.23. The fourth-order valence-electron chi connectivity index (χ4n) is 3.07. The third-order valence-corrected chi connectivity index (χ3v) is 4.20. The third-order valence-electron chi connectivity index (χ3n) is 4.20. The van der Waals surface area contributed by atoms with E-state index in [1.165, 1.54) is 11.3 Å². The number of nitrogens with zero attached hydrogens (tertiary/aromatic N) is 5. The number of pyridine rings is 1. The fraction of sp³-hybridized carbons (Fsp3) is 0.312. The largest absolute Gasteiger partial charge is 0.314 e. The van der Waals surface area contributed by atoms with Gasteiger partial charge in [-0.3, -0.25) is 19.3 Å². The molecule has 3 aromatic heterocycles. The summed E-state index contributed by atoms with van der Waals surface area (Å²) in [6.45, 7) is 3.87. The van der Waals surface area contributed by atoms with Gasteiger partial charge in [0.15, 0.2) is 5.65 Å². The number of piperazine rings is 1. The summed E-state index contributed by atoms with van der Waals surface area (Å²) in [6, 6.07) is 4.57. The molecule has 0 amide bonds. The highest BCUT2D eigenvalue weighted by Gasteiger charge is 2.24. The fourth-order valence-corrected chi connectivity index (χ4v) is 3.07. The van der Waals surface area contributed by atoms with E-state index in [4.69, 9.17) is 0 Å². The van der Waals surface area contributed by atoms with Crippen molar-refractivity contribution in [2.45, 2.75) is 12.6 Å². The summed E-state index contributed by atoms with van der Waals surface area (Å²) in [5.41, 5.74) is 3.39. The van der Waals surface area contributed by atoms with Crippen molar-refractivity contribution in [3.8, 4) is 0 Å². The average Bonchev–Trinajstić information content (AvgIpc) is 2.99. The second-order valence-corrected chi connectivity index (χ2v) is 5.52. The highest BCUT2D eigenvalue weighted by molar-refractivity contribution is 5.85. The van der Waals surface area contributed by atoms with Crippen LogP contribution in [0.25, 0.3) is 5.65 Å².